The van der Waals surface area contributed by atoms with Crippen molar-refractivity contribution in [1.82, 2.24) is 4.90 Å². The molecule has 1 aliphatic rings. The number of carbonyl (C=O) groups excluding carboxylic acids is 1. The third-order valence-corrected chi connectivity index (χ3v) is 5.78. The minimum atomic E-state index is -0.396. The van der Waals surface area contributed by atoms with Crippen molar-refractivity contribution in [2.45, 2.75) is 33.6 Å². The summed E-state index contributed by atoms with van der Waals surface area (Å²) in [7, 11) is 0. The third kappa shape index (κ3) is 4.56. The second kappa shape index (κ2) is 9.31. The summed E-state index contributed by atoms with van der Waals surface area (Å²) in [5.74, 6) is 0.124. The van der Waals surface area contributed by atoms with Gasteiger partial charge in [0, 0.05) is 67.8 Å². The van der Waals surface area contributed by atoms with Gasteiger partial charge in [-0.1, -0.05) is 0 Å². The Morgan fingerprint density at radius 1 is 1.34 bits per heavy atom. The van der Waals surface area contributed by atoms with Crippen LogP contribution in [0.25, 0.3) is 11.0 Å². The van der Waals surface area contributed by atoms with Gasteiger partial charge in [-0.05, 0) is 44.9 Å². The third-order valence-electron chi connectivity index (χ3n) is 5.78. The number of benzene rings is 1. The van der Waals surface area contributed by atoms with Crippen LogP contribution < -0.4 is 10.5 Å². The SMILES string of the molecule is CCN(CC)c1ccc2c(C)c(CCOC(=O)N3CCC(CO)C3)c(=O)oc2c1. The van der Waals surface area contributed by atoms with Gasteiger partial charge in [-0.15, -0.1) is 0 Å². The van der Waals surface area contributed by atoms with Crippen molar-refractivity contribution < 1.29 is 19.1 Å². The molecule has 1 aliphatic heterocycles. The molecule has 2 aromatic rings. The van der Waals surface area contributed by atoms with Gasteiger partial charge in [-0.2, -0.15) is 0 Å². The number of ether oxygens (including phenoxy) is 1. The van der Waals surface area contributed by atoms with E-state index < -0.39 is 6.09 Å². The summed E-state index contributed by atoms with van der Waals surface area (Å²) in [4.78, 5) is 28.5. The Labute approximate surface area is 170 Å². The lowest BCUT2D eigenvalue weighted by atomic mass is 10.0. The molecule has 1 aromatic carbocycles. The molecule has 1 saturated heterocycles. The monoisotopic (exact) mass is 402 g/mol. The fourth-order valence-corrected chi connectivity index (χ4v) is 3.94. The first-order valence-electron chi connectivity index (χ1n) is 10.3. The Hall–Kier alpha value is -2.54. The Balaban J connectivity index is 1.70. The van der Waals surface area contributed by atoms with Crippen LogP contribution in [0, 0.1) is 12.8 Å². The maximum absolute atomic E-state index is 12.5. The maximum Gasteiger partial charge on any atom is 0.409 e. The number of amides is 1. The summed E-state index contributed by atoms with van der Waals surface area (Å²) < 4.78 is 10.9. The van der Waals surface area contributed by atoms with E-state index in [0.29, 0.717) is 30.7 Å². The standard InChI is InChI=1S/C22H30N2O5/c1-4-23(5-2)17-6-7-18-15(3)19(21(26)29-20(18)12-17)9-11-28-22(27)24-10-8-16(13-24)14-25/h6-7,12,16,25H,4-5,8-11,13-14H2,1-3H3. The van der Waals surface area contributed by atoms with Crippen LogP contribution in [0.5, 0.6) is 0 Å². The van der Waals surface area contributed by atoms with E-state index in [4.69, 9.17) is 9.15 Å². The summed E-state index contributed by atoms with van der Waals surface area (Å²) in [5, 5.41) is 10.1. The van der Waals surface area contributed by atoms with Gasteiger partial charge in [0.1, 0.15) is 5.58 Å². The van der Waals surface area contributed by atoms with Crippen LogP contribution >= 0.6 is 0 Å². The number of hydrogen-bond acceptors (Lipinski definition) is 6. The van der Waals surface area contributed by atoms with E-state index in [1.54, 1.807) is 4.90 Å². The Morgan fingerprint density at radius 3 is 2.76 bits per heavy atom. The Kier molecular flexibility index (Phi) is 6.79. The van der Waals surface area contributed by atoms with Crippen LogP contribution in [0.3, 0.4) is 0 Å². The zero-order chi connectivity index (χ0) is 21.0. The molecule has 7 nitrogen and oxygen atoms in total. The van der Waals surface area contributed by atoms with Gasteiger partial charge in [0.25, 0.3) is 0 Å². The number of aliphatic hydroxyl groups excluding tert-OH is 1. The number of aliphatic hydroxyl groups is 1. The second-order valence-electron chi connectivity index (χ2n) is 7.49. The van der Waals surface area contributed by atoms with Crippen molar-refractivity contribution in [1.29, 1.82) is 0 Å². The number of aryl methyl sites for hydroxylation is 1. The van der Waals surface area contributed by atoms with E-state index in [0.717, 1.165) is 36.1 Å². The van der Waals surface area contributed by atoms with E-state index in [9.17, 15) is 14.7 Å². The molecule has 0 bridgehead atoms. The maximum atomic E-state index is 12.5. The van der Waals surface area contributed by atoms with E-state index in [-0.39, 0.29) is 24.8 Å². The Morgan fingerprint density at radius 2 is 2.10 bits per heavy atom. The zero-order valence-electron chi connectivity index (χ0n) is 17.4. The van der Waals surface area contributed by atoms with Crippen LogP contribution in [0.15, 0.2) is 27.4 Å². The fraction of sp³-hybridized carbons (Fsp3) is 0.545. The molecular weight excluding hydrogens is 372 g/mol. The topological polar surface area (TPSA) is 83.2 Å². The fourth-order valence-electron chi connectivity index (χ4n) is 3.94. The van der Waals surface area contributed by atoms with E-state index in [1.165, 1.54) is 0 Å². The highest BCUT2D eigenvalue weighted by molar-refractivity contribution is 5.84. The molecule has 158 valence electrons. The summed E-state index contributed by atoms with van der Waals surface area (Å²) in [6, 6.07) is 5.93. The minimum absolute atomic E-state index is 0.0805. The van der Waals surface area contributed by atoms with Gasteiger partial charge < -0.3 is 24.1 Å². The zero-order valence-corrected chi connectivity index (χ0v) is 17.4. The largest absolute Gasteiger partial charge is 0.449 e. The smallest absolute Gasteiger partial charge is 0.409 e. The molecule has 3 rings (SSSR count). The van der Waals surface area contributed by atoms with E-state index in [2.05, 4.69) is 18.7 Å². The predicted octanol–water partition coefficient (Wildman–Crippen LogP) is 2.94. The molecule has 1 amide bonds. The molecule has 0 spiro atoms. The van der Waals surface area contributed by atoms with Crippen LogP contribution in [0.2, 0.25) is 0 Å². The molecule has 1 atom stereocenters. The van der Waals surface area contributed by atoms with Gasteiger partial charge in [0.2, 0.25) is 0 Å². The van der Waals surface area contributed by atoms with Gasteiger partial charge >= 0.3 is 11.7 Å². The summed E-state index contributed by atoms with van der Waals surface area (Å²) in [6.45, 7) is 9.15. The molecule has 0 aliphatic carbocycles. The van der Waals surface area contributed by atoms with Crippen LogP contribution in [-0.4, -0.2) is 55.5 Å². The number of anilines is 1. The lowest BCUT2D eigenvalue weighted by Gasteiger charge is -2.21. The molecule has 1 N–H and O–H groups in total. The van der Waals surface area contributed by atoms with Crippen molar-refractivity contribution in [3.05, 3.63) is 39.7 Å². The summed E-state index contributed by atoms with van der Waals surface area (Å²) >= 11 is 0. The molecule has 1 aromatic heterocycles. The normalized spacial score (nSPS) is 16.4. The highest BCUT2D eigenvalue weighted by Gasteiger charge is 2.26. The van der Waals surface area contributed by atoms with Crippen molar-refractivity contribution in [3.8, 4) is 0 Å². The molecule has 0 saturated carbocycles. The number of rotatable bonds is 7. The Bertz CT molecular complexity index is 919. The highest BCUT2D eigenvalue weighted by Crippen LogP contribution is 2.25. The van der Waals surface area contributed by atoms with Crippen LogP contribution in [-0.2, 0) is 11.2 Å². The lowest BCUT2D eigenvalue weighted by molar-refractivity contribution is 0.108. The highest BCUT2D eigenvalue weighted by atomic mass is 16.6. The first kappa shape index (κ1) is 21.2. The second-order valence-corrected chi connectivity index (χ2v) is 7.49. The number of carbonyl (C=O) groups is 1. The molecule has 29 heavy (non-hydrogen) atoms. The van der Waals surface area contributed by atoms with Gasteiger partial charge in [-0.3, -0.25) is 0 Å². The number of nitrogens with zero attached hydrogens (tertiary/aromatic N) is 2. The van der Waals surface area contributed by atoms with Crippen molar-refractivity contribution in [3.63, 3.8) is 0 Å². The molecule has 1 fully saturated rings. The number of hydrogen-bond donors (Lipinski definition) is 1. The number of fused-ring (bicyclic) bond motifs is 1. The van der Waals surface area contributed by atoms with Crippen molar-refractivity contribution in [2.24, 2.45) is 5.92 Å². The molecular formula is C22H30N2O5. The summed E-state index contributed by atoms with van der Waals surface area (Å²) in [6.07, 6.45) is 0.701. The average molecular weight is 402 g/mol. The quantitative estimate of drug-likeness (QED) is 0.717. The molecule has 0 radical (unpaired) electrons. The number of likely N-dealkylation sites (tertiary alicyclic amines) is 1. The molecule has 1 unspecified atom stereocenters. The summed E-state index contributed by atoms with van der Waals surface area (Å²) in [5.41, 5.74) is 2.61. The predicted molar refractivity (Wildman–Crippen MR) is 113 cm³/mol. The first-order valence-corrected chi connectivity index (χ1v) is 10.3. The first-order chi connectivity index (χ1) is 14.0. The van der Waals surface area contributed by atoms with Crippen LogP contribution in [0.1, 0.15) is 31.4 Å². The molecule has 7 heteroatoms. The molecule has 2 heterocycles. The van der Waals surface area contributed by atoms with E-state index >= 15 is 0 Å². The van der Waals surface area contributed by atoms with Gasteiger partial charge in [-0.25, -0.2) is 9.59 Å². The van der Waals surface area contributed by atoms with Gasteiger partial charge in [0.05, 0.1) is 6.61 Å². The van der Waals surface area contributed by atoms with Gasteiger partial charge in [0.15, 0.2) is 0 Å². The lowest BCUT2D eigenvalue weighted by Crippen LogP contribution is -2.30. The van der Waals surface area contributed by atoms with Crippen LogP contribution in [0.4, 0.5) is 10.5 Å². The van der Waals surface area contributed by atoms with E-state index in [1.807, 2.05) is 25.1 Å². The van der Waals surface area contributed by atoms with Crippen molar-refractivity contribution in [2.75, 3.05) is 44.3 Å². The average Bonchev–Trinajstić information content (AvgIpc) is 3.20. The van der Waals surface area contributed by atoms with Crippen molar-refractivity contribution >= 4 is 22.7 Å². The minimum Gasteiger partial charge on any atom is -0.449 e.